The van der Waals surface area contributed by atoms with Gasteiger partial charge in [0.15, 0.2) is 5.43 Å². The molecule has 0 fully saturated rings. The Morgan fingerprint density at radius 1 is 1.24 bits per heavy atom. The first kappa shape index (κ1) is 14.8. The zero-order valence-electron chi connectivity index (χ0n) is 12.1. The third kappa shape index (κ3) is 3.72. The number of hydrogen-bond donors (Lipinski definition) is 1. The molecule has 5 heteroatoms. The fourth-order valence-corrected chi connectivity index (χ4v) is 1.99. The molecular formula is C16H18N2O3. The van der Waals surface area contributed by atoms with Gasteiger partial charge >= 0.3 is 0 Å². The Morgan fingerprint density at radius 3 is 2.57 bits per heavy atom. The molecule has 5 nitrogen and oxygen atoms in total. The first-order chi connectivity index (χ1) is 10.1. The second kappa shape index (κ2) is 6.74. The predicted molar refractivity (Wildman–Crippen MR) is 80.5 cm³/mol. The minimum absolute atomic E-state index is 0.144. The van der Waals surface area contributed by atoms with Crippen molar-refractivity contribution in [3.63, 3.8) is 0 Å². The van der Waals surface area contributed by atoms with Crippen LogP contribution in [0.15, 0.2) is 47.5 Å². The Bertz CT molecular complexity index is 662. The van der Waals surface area contributed by atoms with E-state index in [1.807, 2.05) is 31.2 Å². The molecule has 0 saturated heterocycles. The molecule has 2 aromatic rings. The summed E-state index contributed by atoms with van der Waals surface area (Å²) in [6, 6.07) is 8.89. The van der Waals surface area contributed by atoms with Crippen LogP contribution in [0, 0.1) is 0 Å². The van der Waals surface area contributed by atoms with Gasteiger partial charge in [-0.3, -0.25) is 9.59 Å². The number of hydrogen-bond acceptors (Lipinski definition) is 3. The second-order valence-corrected chi connectivity index (χ2v) is 4.66. The van der Waals surface area contributed by atoms with Crippen molar-refractivity contribution in [3.05, 3.63) is 64.1 Å². The van der Waals surface area contributed by atoms with Crippen molar-refractivity contribution in [3.8, 4) is 5.75 Å². The smallest absolute Gasteiger partial charge is 0.259 e. The molecule has 110 valence electrons. The molecule has 1 amide bonds. The molecule has 0 aliphatic carbocycles. The summed E-state index contributed by atoms with van der Waals surface area (Å²) in [5.74, 6) is 0.500. The maximum Gasteiger partial charge on any atom is 0.259 e. The number of benzene rings is 1. The summed E-state index contributed by atoms with van der Waals surface area (Å²) in [5.41, 5.74) is 0.838. The molecule has 1 heterocycles. The van der Waals surface area contributed by atoms with Crippen LogP contribution < -0.4 is 10.2 Å². The van der Waals surface area contributed by atoms with Crippen LogP contribution >= 0.6 is 0 Å². The van der Waals surface area contributed by atoms with E-state index in [0.29, 0.717) is 13.2 Å². The standard InChI is InChI=1S/C16H18N2O3/c1-3-21-13-6-4-12(5-7-13)11-18(2)16(20)14-10-17-9-8-15(14)19/h4-10H,3,11H2,1-2H3,(H,17,19). The van der Waals surface area contributed by atoms with Crippen molar-refractivity contribution in [1.82, 2.24) is 9.88 Å². The summed E-state index contributed by atoms with van der Waals surface area (Å²) in [4.78, 5) is 28.1. The van der Waals surface area contributed by atoms with Crippen LogP contribution in [0.4, 0.5) is 0 Å². The number of carbonyl (C=O) groups is 1. The van der Waals surface area contributed by atoms with E-state index in [2.05, 4.69) is 4.98 Å². The number of H-pyrrole nitrogens is 1. The number of carbonyl (C=O) groups excluding carboxylic acids is 1. The van der Waals surface area contributed by atoms with Crippen molar-refractivity contribution in [2.45, 2.75) is 13.5 Å². The Balaban J connectivity index is 2.07. The molecule has 1 aromatic heterocycles. The summed E-state index contributed by atoms with van der Waals surface area (Å²) in [7, 11) is 1.67. The van der Waals surface area contributed by atoms with Gasteiger partial charge in [0.25, 0.3) is 5.91 Å². The number of pyridine rings is 1. The van der Waals surface area contributed by atoms with Crippen LogP contribution in [0.1, 0.15) is 22.8 Å². The highest BCUT2D eigenvalue weighted by atomic mass is 16.5. The summed E-state index contributed by atoms with van der Waals surface area (Å²) >= 11 is 0. The number of aromatic amines is 1. The Labute approximate surface area is 123 Å². The lowest BCUT2D eigenvalue weighted by molar-refractivity contribution is 0.0783. The largest absolute Gasteiger partial charge is 0.494 e. The third-order valence-electron chi connectivity index (χ3n) is 3.06. The van der Waals surface area contributed by atoms with Gasteiger partial charge in [0.05, 0.1) is 6.61 Å². The van der Waals surface area contributed by atoms with Crippen LogP contribution in [0.2, 0.25) is 0 Å². The van der Waals surface area contributed by atoms with Gasteiger partial charge in [-0.25, -0.2) is 0 Å². The number of rotatable bonds is 5. The van der Waals surface area contributed by atoms with Crippen molar-refractivity contribution >= 4 is 5.91 Å². The van der Waals surface area contributed by atoms with Crippen molar-refractivity contribution < 1.29 is 9.53 Å². The summed E-state index contributed by atoms with van der Waals surface area (Å²) in [6.45, 7) is 2.98. The number of amides is 1. The van der Waals surface area contributed by atoms with Gasteiger partial charge in [-0.2, -0.15) is 0 Å². The van der Waals surface area contributed by atoms with Crippen molar-refractivity contribution in [1.29, 1.82) is 0 Å². The summed E-state index contributed by atoms with van der Waals surface area (Å²) < 4.78 is 5.37. The minimum atomic E-state index is -0.300. The minimum Gasteiger partial charge on any atom is -0.494 e. The molecule has 0 spiro atoms. The van der Waals surface area contributed by atoms with E-state index < -0.39 is 0 Å². The molecular weight excluding hydrogens is 268 g/mol. The molecule has 2 rings (SSSR count). The molecule has 1 aromatic carbocycles. The summed E-state index contributed by atoms with van der Waals surface area (Å²) in [6.07, 6.45) is 2.94. The van der Waals surface area contributed by atoms with Gasteiger partial charge in [-0.1, -0.05) is 12.1 Å². The molecule has 0 bridgehead atoms. The number of nitrogens with zero attached hydrogens (tertiary/aromatic N) is 1. The fourth-order valence-electron chi connectivity index (χ4n) is 1.99. The monoisotopic (exact) mass is 286 g/mol. The van der Waals surface area contributed by atoms with Gasteiger partial charge in [0, 0.05) is 32.1 Å². The Morgan fingerprint density at radius 2 is 1.95 bits per heavy atom. The molecule has 21 heavy (non-hydrogen) atoms. The molecule has 0 aliphatic heterocycles. The first-order valence-electron chi connectivity index (χ1n) is 6.76. The summed E-state index contributed by atoms with van der Waals surface area (Å²) in [5, 5.41) is 0. The maximum atomic E-state index is 12.2. The van der Waals surface area contributed by atoms with Crippen molar-refractivity contribution in [2.75, 3.05) is 13.7 Å². The molecule has 1 N–H and O–H groups in total. The highest BCUT2D eigenvalue weighted by Gasteiger charge is 2.14. The lowest BCUT2D eigenvalue weighted by Gasteiger charge is -2.17. The highest BCUT2D eigenvalue weighted by molar-refractivity contribution is 5.93. The van der Waals surface area contributed by atoms with Crippen LogP contribution in [0.5, 0.6) is 5.75 Å². The topological polar surface area (TPSA) is 62.4 Å². The molecule has 0 radical (unpaired) electrons. The van der Waals surface area contributed by atoms with E-state index in [1.54, 1.807) is 7.05 Å². The van der Waals surface area contributed by atoms with Crippen molar-refractivity contribution in [2.24, 2.45) is 0 Å². The highest BCUT2D eigenvalue weighted by Crippen LogP contribution is 2.13. The van der Waals surface area contributed by atoms with Crippen LogP contribution in [0.25, 0.3) is 0 Å². The average molecular weight is 286 g/mol. The van der Waals surface area contributed by atoms with E-state index in [0.717, 1.165) is 11.3 Å². The predicted octanol–water partition coefficient (Wildman–Crippen LogP) is 2.05. The normalized spacial score (nSPS) is 10.2. The van der Waals surface area contributed by atoms with E-state index in [4.69, 9.17) is 4.74 Å². The van der Waals surface area contributed by atoms with Crippen LogP contribution in [-0.2, 0) is 6.54 Å². The molecule has 0 aliphatic rings. The second-order valence-electron chi connectivity index (χ2n) is 4.66. The quantitative estimate of drug-likeness (QED) is 0.915. The zero-order valence-corrected chi connectivity index (χ0v) is 12.1. The Kier molecular flexibility index (Phi) is 4.77. The van der Waals surface area contributed by atoms with Gasteiger partial charge in [-0.05, 0) is 24.6 Å². The number of ether oxygens (including phenoxy) is 1. The first-order valence-corrected chi connectivity index (χ1v) is 6.76. The molecule has 0 atom stereocenters. The Hall–Kier alpha value is -2.56. The van der Waals surface area contributed by atoms with Crippen LogP contribution in [0.3, 0.4) is 0 Å². The van der Waals surface area contributed by atoms with E-state index in [9.17, 15) is 9.59 Å². The third-order valence-corrected chi connectivity index (χ3v) is 3.06. The van der Waals surface area contributed by atoms with E-state index >= 15 is 0 Å². The number of nitrogens with one attached hydrogen (secondary N) is 1. The van der Waals surface area contributed by atoms with E-state index in [-0.39, 0.29) is 16.9 Å². The van der Waals surface area contributed by atoms with Crippen LogP contribution in [-0.4, -0.2) is 29.4 Å². The van der Waals surface area contributed by atoms with Gasteiger partial charge in [-0.15, -0.1) is 0 Å². The van der Waals surface area contributed by atoms with Gasteiger partial charge in [0.2, 0.25) is 0 Å². The van der Waals surface area contributed by atoms with E-state index in [1.165, 1.54) is 23.4 Å². The lowest BCUT2D eigenvalue weighted by atomic mass is 10.2. The fraction of sp³-hybridized carbons (Fsp3) is 0.250. The van der Waals surface area contributed by atoms with Gasteiger partial charge in [0.1, 0.15) is 11.3 Å². The lowest BCUT2D eigenvalue weighted by Crippen LogP contribution is -2.30. The average Bonchev–Trinajstić information content (AvgIpc) is 2.49. The molecule has 0 unspecified atom stereocenters. The van der Waals surface area contributed by atoms with Gasteiger partial charge < -0.3 is 14.6 Å². The maximum absolute atomic E-state index is 12.2. The SMILES string of the molecule is CCOc1ccc(CN(C)C(=O)c2c[nH]ccc2=O)cc1. The number of aromatic nitrogens is 1. The zero-order chi connectivity index (χ0) is 15.2. The molecule has 0 saturated carbocycles.